The zero-order valence-electron chi connectivity index (χ0n) is 23.5. The van der Waals surface area contributed by atoms with Gasteiger partial charge in [0.15, 0.2) is 5.78 Å². The lowest BCUT2D eigenvalue weighted by molar-refractivity contribution is -0.274. The predicted molar refractivity (Wildman–Crippen MR) is 141 cm³/mol. The van der Waals surface area contributed by atoms with Gasteiger partial charge in [-0.25, -0.2) is 0 Å². The van der Waals surface area contributed by atoms with Gasteiger partial charge in [0.05, 0.1) is 12.2 Å². The van der Waals surface area contributed by atoms with Crippen molar-refractivity contribution in [2.45, 2.75) is 90.1 Å². The number of benzene rings is 1. The van der Waals surface area contributed by atoms with Gasteiger partial charge in [0.25, 0.3) is 0 Å². The fourth-order valence-corrected chi connectivity index (χ4v) is 9.77. The minimum atomic E-state index is -4.79. The van der Waals surface area contributed by atoms with Crippen molar-refractivity contribution in [3.05, 3.63) is 18.2 Å². The molecule has 1 aromatic heterocycles. The molecule has 220 valence electrons. The van der Waals surface area contributed by atoms with Crippen molar-refractivity contribution >= 4 is 16.8 Å². The fraction of sp³-hybridized carbons (Fsp3) is 0.767. The van der Waals surface area contributed by atoms with Gasteiger partial charge in [-0.1, -0.05) is 6.92 Å². The predicted octanol–water partition coefficient (Wildman–Crippen LogP) is 5.94. The number of ether oxygens (including phenoxy) is 2. The molecular weight excluding hydrogens is 523 g/mol. The summed E-state index contributed by atoms with van der Waals surface area (Å²) in [6.45, 7) is 5.04. The summed E-state index contributed by atoms with van der Waals surface area (Å²) >= 11 is 0. The van der Waals surface area contributed by atoms with Crippen LogP contribution < -0.4 is 4.74 Å². The van der Waals surface area contributed by atoms with Crippen molar-refractivity contribution in [2.24, 2.45) is 40.4 Å². The average Bonchev–Trinajstić information content (AvgIpc) is 3.42. The van der Waals surface area contributed by atoms with Gasteiger partial charge in [0.2, 0.25) is 0 Å². The molecule has 0 aliphatic heterocycles. The van der Waals surface area contributed by atoms with Crippen LogP contribution in [0.5, 0.6) is 5.75 Å². The number of halogens is 3. The topological polar surface area (TPSA) is 86.5 Å². The molecule has 40 heavy (non-hydrogen) atoms. The minimum Gasteiger partial charge on any atom is -0.406 e. The molecule has 0 radical (unpaired) electrons. The third-order valence-corrected chi connectivity index (χ3v) is 11.4. The molecule has 4 aliphatic rings. The van der Waals surface area contributed by atoms with Crippen LogP contribution in [0.4, 0.5) is 13.2 Å². The Balaban J connectivity index is 1.19. The lowest BCUT2D eigenvalue weighted by Gasteiger charge is -2.62. The number of rotatable bonds is 6. The summed E-state index contributed by atoms with van der Waals surface area (Å²) < 4.78 is 47.7. The SMILES string of the molecule is COC[C@]12CC[C@@](C)(O)C[C@@H]1CC[C@H]1[C@@H]3CC[C@H](C(=O)Cn4nc5ccc(OC(F)(F)F)cc5n4)C3(C)CC[C@@H]12. The highest BCUT2D eigenvalue weighted by atomic mass is 19.4. The standard InChI is InChI=1S/C30H40F3N3O4/c1-27(38)12-13-29(17-39-3)18(15-27)4-6-20-21-7-8-23(28(21,2)11-10-22(20)29)26(37)16-36-34-24-9-5-19(14-25(24)35-36)40-30(31,32)33/h5,9,14,18,20-23,38H,4,6-8,10-13,15-17H2,1-3H3/t18-,20-,21-,22-,23+,27+,28?,29+/m0/s1. The van der Waals surface area contributed by atoms with Gasteiger partial charge < -0.3 is 14.6 Å². The van der Waals surface area contributed by atoms with E-state index in [4.69, 9.17) is 4.74 Å². The number of hydrogen-bond acceptors (Lipinski definition) is 6. The maximum absolute atomic E-state index is 13.7. The van der Waals surface area contributed by atoms with Gasteiger partial charge in [-0.15, -0.1) is 13.2 Å². The van der Waals surface area contributed by atoms with Crippen molar-refractivity contribution in [2.75, 3.05) is 13.7 Å². The smallest absolute Gasteiger partial charge is 0.406 e. The first-order chi connectivity index (χ1) is 18.8. The number of fused-ring (bicyclic) bond motifs is 6. The number of carbonyl (C=O) groups excluding carboxylic acids is 1. The van der Waals surface area contributed by atoms with E-state index in [-0.39, 0.29) is 40.3 Å². The third-order valence-electron chi connectivity index (χ3n) is 11.4. The van der Waals surface area contributed by atoms with E-state index in [0.29, 0.717) is 29.2 Å². The van der Waals surface area contributed by atoms with Crippen molar-refractivity contribution in [1.82, 2.24) is 15.0 Å². The second-order valence-electron chi connectivity index (χ2n) is 13.6. The van der Waals surface area contributed by atoms with Crippen LogP contribution in [0, 0.1) is 40.4 Å². The van der Waals surface area contributed by atoms with E-state index >= 15 is 0 Å². The molecule has 1 heterocycles. The Bertz CT molecular complexity index is 1280. The second kappa shape index (κ2) is 9.68. The number of alkyl halides is 3. The summed E-state index contributed by atoms with van der Waals surface area (Å²) in [7, 11) is 1.80. The van der Waals surface area contributed by atoms with Crippen LogP contribution in [0.3, 0.4) is 0 Å². The Morgan fingerprint density at radius 2 is 1.82 bits per heavy atom. The van der Waals surface area contributed by atoms with Crippen molar-refractivity contribution in [3.63, 3.8) is 0 Å². The zero-order valence-corrected chi connectivity index (χ0v) is 23.5. The summed E-state index contributed by atoms with van der Waals surface area (Å²) in [6.07, 6.45) is 4.08. The number of hydrogen-bond donors (Lipinski definition) is 1. The molecule has 4 saturated carbocycles. The van der Waals surface area contributed by atoms with E-state index in [1.54, 1.807) is 7.11 Å². The first kappa shape index (κ1) is 27.9. The van der Waals surface area contributed by atoms with Crippen LogP contribution in [0.2, 0.25) is 0 Å². The van der Waals surface area contributed by atoms with Crippen LogP contribution in [-0.2, 0) is 16.1 Å². The Morgan fingerprint density at radius 1 is 1.05 bits per heavy atom. The molecule has 1 unspecified atom stereocenters. The lowest BCUT2D eigenvalue weighted by atomic mass is 9.43. The summed E-state index contributed by atoms with van der Waals surface area (Å²) in [4.78, 5) is 15.0. The van der Waals surface area contributed by atoms with Gasteiger partial charge >= 0.3 is 6.36 Å². The highest BCUT2D eigenvalue weighted by Gasteiger charge is 2.63. The minimum absolute atomic E-state index is 0.00990. The lowest BCUT2D eigenvalue weighted by Crippen LogP contribution is -2.58. The first-order valence-corrected chi connectivity index (χ1v) is 14.7. The Labute approximate surface area is 232 Å². The quantitative estimate of drug-likeness (QED) is 0.469. The normalized spacial score (nSPS) is 39.4. The molecule has 0 saturated heterocycles. The van der Waals surface area contributed by atoms with Gasteiger partial charge in [-0.05, 0) is 111 Å². The maximum atomic E-state index is 13.7. The first-order valence-electron chi connectivity index (χ1n) is 14.7. The van der Waals surface area contributed by atoms with E-state index in [0.717, 1.165) is 64.4 Å². The van der Waals surface area contributed by atoms with Crippen molar-refractivity contribution < 1.29 is 32.5 Å². The molecular formula is C30H40F3N3O4. The monoisotopic (exact) mass is 563 g/mol. The van der Waals surface area contributed by atoms with Crippen LogP contribution in [-0.4, -0.2) is 51.6 Å². The van der Waals surface area contributed by atoms with Gasteiger partial charge in [0.1, 0.15) is 23.3 Å². The van der Waals surface area contributed by atoms with E-state index in [1.807, 2.05) is 6.92 Å². The fourth-order valence-electron chi connectivity index (χ4n) is 9.77. The largest absolute Gasteiger partial charge is 0.573 e. The Morgan fingerprint density at radius 3 is 2.58 bits per heavy atom. The van der Waals surface area contributed by atoms with E-state index in [1.165, 1.54) is 23.0 Å². The molecule has 4 fully saturated rings. The number of carbonyl (C=O) groups is 1. The number of aliphatic hydroxyl groups is 1. The van der Waals surface area contributed by atoms with Gasteiger partial charge in [-0.3, -0.25) is 4.79 Å². The van der Waals surface area contributed by atoms with Crippen LogP contribution in [0.15, 0.2) is 18.2 Å². The number of Topliss-reactive ketones (excluding diaryl/α,β-unsaturated/α-hetero) is 1. The number of methoxy groups -OCH3 is 1. The molecule has 0 amide bonds. The number of nitrogens with zero attached hydrogens (tertiary/aromatic N) is 3. The molecule has 4 aliphatic carbocycles. The third kappa shape index (κ3) is 4.72. The van der Waals surface area contributed by atoms with Gasteiger partial charge in [0, 0.05) is 19.1 Å². The molecule has 7 nitrogen and oxygen atoms in total. The molecule has 0 spiro atoms. The molecule has 10 heteroatoms. The molecule has 0 bridgehead atoms. The van der Waals surface area contributed by atoms with E-state index in [9.17, 15) is 23.1 Å². The van der Waals surface area contributed by atoms with Gasteiger partial charge in [-0.2, -0.15) is 15.0 Å². The molecule has 1 aromatic carbocycles. The molecule has 8 atom stereocenters. The molecule has 6 rings (SSSR count). The Hall–Kier alpha value is -2.20. The Kier molecular flexibility index (Phi) is 6.76. The summed E-state index contributed by atoms with van der Waals surface area (Å²) in [5.74, 6) is 1.73. The van der Waals surface area contributed by atoms with E-state index < -0.39 is 12.0 Å². The van der Waals surface area contributed by atoms with Crippen LogP contribution in [0.1, 0.15) is 71.6 Å². The summed E-state index contributed by atoms with van der Waals surface area (Å²) in [5, 5.41) is 19.5. The number of aromatic nitrogens is 3. The second-order valence-corrected chi connectivity index (χ2v) is 13.6. The summed E-state index contributed by atoms with van der Waals surface area (Å²) in [6, 6.07) is 3.83. The maximum Gasteiger partial charge on any atom is 0.573 e. The van der Waals surface area contributed by atoms with Crippen molar-refractivity contribution in [3.8, 4) is 5.75 Å². The zero-order chi connectivity index (χ0) is 28.5. The van der Waals surface area contributed by atoms with Crippen LogP contribution >= 0.6 is 0 Å². The molecule has 2 aromatic rings. The number of ketones is 1. The average molecular weight is 564 g/mol. The van der Waals surface area contributed by atoms with E-state index in [2.05, 4.69) is 21.9 Å². The highest BCUT2D eigenvalue weighted by Crippen LogP contribution is 2.68. The van der Waals surface area contributed by atoms with Crippen molar-refractivity contribution in [1.29, 1.82) is 0 Å². The van der Waals surface area contributed by atoms with Crippen LogP contribution in [0.25, 0.3) is 11.0 Å². The molecule has 1 N–H and O–H groups in total. The highest BCUT2D eigenvalue weighted by molar-refractivity contribution is 5.82. The summed E-state index contributed by atoms with van der Waals surface area (Å²) in [5.41, 5.74) is 0.111.